The summed E-state index contributed by atoms with van der Waals surface area (Å²) in [5.41, 5.74) is 12.5. The molecule has 5 N–H and O–H groups in total. The first-order valence-corrected chi connectivity index (χ1v) is 4.97. The molecule has 6 heteroatoms. The van der Waals surface area contributed by atoms with Crippen LogP contribution in [0.25, 0.3) is 0 Å². The standard InChI is InChI=1S/C11H13N5O/c1-17-8-4-2-3-7(5-8)16-11-9(12)10(13)14-6-15-11/h2-6H,12H2,1H3,(H3,13,14,15,16). The molecule has 0 saturated heterocycles. The van der Waals surface area contributed by atoms with Crippen molar-refractivity contribution in [2.24, 2.45) is 0 Å². The first-order valence-electron chi connectivity index (χ1n) is 4.97. The molecule has 0 radical (unpaired) electrons. The molecule has 1 aromatic heterocycles. The molecule has 1 heterocycles. The second kappa shape index (κ2) is 4.56. The molecule has 0 spiro atoms. The summed E-state index contributed by atoms with van der Waals surface area (Å²) >= 11 is 0. The smallest absolute Gasteiger partial charge is 0.159 e. The monoisotopic (exact) mass is 231 g/mol. The van der Waals surface area contributed by atoms with Gasteiger partial charge in [-0.15, -0.1) is 0 Å². The molecular weight excluding hydrogens is 218 g/mol. The fraction of sp³-hybridized carbons (Fsp3) is 0.0909. The summed E-state index contributed by atoms with van der Waals surface area (Å²) in [6, 6.07) is 7.42. The summed E-state index contributed by atoms with van der Waals surface area (Å²) in [5.74, 6) is 1.48. The third-order valence-electron chi connectivity index (χ3n) is 2.25. The number of methoxy groups -OCH3 is 1. The summed E-state index contributed by atoms with van der Waals surface area (Å²) in [7, 11) is 1.61. The van der Waals surface area contributed by atoms with Crippen LogP contribution in [0.2, 0.25) is 0 Å². The van der Waals surface area contributed by atoms with Crippen molar-refractivity contribution in [3.8, 4) is 5.75 Å². The Morgan fingerprint density at radius 2 is 2.06 bits per heavy atom. The zero-order valence-corrected chi connectivity index (χ0v) is 9.34. The predicted octanol–water partition coefficient (Wildman–Crippen LogP) is 1.39. The van der Waals surface area contributed by atoms with Crippen LogP contribution in [0.3, 0.4) is 0 Å². The van der Waals surface area contributed by atoms with E-state index in [1.165, 1.54) is 6.33 Å². The van der Waals surface area contributed by atoms with Gasteiger partial charge in [-0.05, 0) is 12.1 Å². The van der Waals surface area contributed by atoms with Gasteiger partial charge in [-0.1, -0.05) is 6.07 Å². The Morgan fingerprint density at radius 1 is 1.24 bits per heavy atom. The second-order valence-corrected chi connectivity index (χ2v) is 3.38. The van der Waals surface area contributed by atoms with Crippen molar-refractivity contribution in [1.82, 2.24) is 9.97 Å². The van der Waals surface area contributed by atoms with E-state index in [0.29, 0.717) is 11.5 Å². The van der Waals surface area contributed by atoms with Crippen LogP contribution in [0.15, 0.2) is 30.6 Å². The van der Waals surface area contributed by atoms with Crippen molar-refractivity contribution in [2.45, 2.75) is 0 Å². The van der Waals surface area contributed by atoms with Crippen molar-refractivity contribution in [2.75, 3.05) is 23.9 Å². The topological polar surface area (TPSA) is 99.1 Å². The first kappa shape index (κ1) is 11.0. The Hall–Kier alpha value is -2.50. The van der Waals surface area contributed by atoms with E-state index in [0.717, 1.165) is 11.4 Å². The number of aromatic nitrogens is 2. The first-order chi connectivity index (χ1) is 8.20. The van der Waals surface area contributed by atoms with Crippen molar-refractivity contribution < 1.29 is 4.74 Å². The minimum atomic E-state index is 0.255. The molecule has 2 aromatic rings. The summed E-state index contributed by atoms with van der Waals surface area (Å²) in [5, 5.41) is 3.05. The molecule has 2 rings (SSSR count). The number of benzene rings is 1. The van der Waals surface area contributed by atoms with Gasteiger partial charge in [0.05, 0.1) is 7.11 Å². The van der Waals surface area contributed by atoms with E-state index in [9.17, 15) is 0 Å². The van der Waals surface area contributed by atoms with E-state index in [1.807, 2.05) is 24.3 Å². The maximum absolute atomic E-state index is 5.76. The molecule has 0 atom stereocenters. The molecule has 0 aliphatic rings. The Kier molecular flexibility index (Phi) is 2.95. The van der Waals surface area contributed by atoms with Crippen molar-refractivity contribution >= 4 is 23.0 Å². The average molecular weight is 231 g/mol. The number of ether oxygens (including phenoxy) is 1. The number of nitrogens with two attached hydrogens (primary N) is 2. The highest BCUT2D eigenvalue weighted by Gasteiger charge is 2.05. The van der Waals surface area contributed by atoms with E-state index in [-0.39, 0.29) is 5.82 Å². The normalized spacial score (nSPS) is 9.94. The second-order valence-electron chi connectivity index (χ2n) is 3.38. The maximum Gasteiger partial charge on any atom is 0.159 e. The molecule has 1 aromatic carbocycles. The largest absolute Gasteiger partial charge is 0.497 e. The molecule has 0 bridgehead atoms. The number of anilines is 4. The minimum Gasteiger partial charge on any atom is -0.497 e. The van der Waals surface area contributed by atoms with Crippen LogP contribution >= 0.6 is 0 Å². The Morgan fingerprint density at radius 3 is 2.82 bits per heavy atom. The molecule has 0 aliphatic carbocycles. The molecular formula is C11H13N5O. The quantitative estimate of drug-likeness (QED) is 0.738. The molecule has 0 saturated carbocycles. The molecule has 0 aliphatic heterocycles. The van der Waals surface area contributed by atoms with Gasteiger partial charge in [0.15, 0.2) is 11.6 Å². The highest BCUT2D eigenvalue weighted by atomic mass is 16.5. The highest BCUT2D eigenvalue weighted by molar-refractivity contribution is 5.76. The van der Waals surface area contributed by atoms with Crippen LogP contribution in [-0.2, 0) is 0 Å². The van der Waals surface area contributed by atoms with Crippen LogP contribution in [0.1, 0.15) is 0 Å². The Balaban J connectivity index is 2.28. The lowest BCUT2D eigenvalue weighted by atomic mass is 10.3. The van der Waals surface area contributed by atoms with E-state index in [1.54, 1.807) is 7.11 Å². The molecule has 88 valence electrons. The van der Waals surface area contributed by atoms with Crippen molar-refractivity contribution in [3.05, 3.63) is 30.6 Å². The summed E-state index contributed by atoms with van der Waals surface area (Å²) in [6.45, 7) is 0. The van der Waals surface area contributed by atoms with Gasteiger partial charge < -0.3 is 21.5 Å². The molecule has 0 fully saturated rings. The zero-order valence-electron chi connectivity index (χ0n) is 9.34. The molecule has 0 amide bonds. The van der Waals surface area contributed by atoms with E-state index in [2.05, 4.69) is 15.3 Å². The van der Waals surface area contributed by atoms with Crippen LogP contribution in [0.5, 0.6) is 5.75 Å². The summed E-state index contributed by atoms with van der Waals surface area (Å²) in [6.07, 6.45) is 1.36. The van der Waals surface area contributed by atoms with Gasteiger partial charge in [0.1, 0.15) is 17.8 Å². The lowest BCUT2D eigenvalue weighted by Gasteiger charge is -2.09. The summed E-state index contributed by atoms with van der Waals surface area (Å²) in [4.78, 5) is 7.81. The van der Waals surface area contributed by atoms with Crippen LogP contribution in [0.4, 0.5) is 23.0 Å². The fourth-order valence-corrected chi connectivity index (χ4v) is 1.35. The van der Waals surface area contributed by atoms with E-state index < -0.39 is 0 Å². The number of hydrogen-bond acceptors (Lipinski definition) is 6. The van der Waals surface area contributed by atoms with E-state index in [4.69, 9.17) is 16.2 Å². The predicted molar refractivity (Wildman–Crippen MR) is 67.1 cm³/mol. The highest BCUT2D eigenvalue weighted by Crippen LogP contribution is 2.25. The number of nitrogen functional groups attached to an aromatic ring is 2. The van der Waals surface area contributed by atoms with Crippen LogP contribution < -0.4 is 21.5 Å². The lowest BCUT2D eigenvalue weighted by Crippen LogP contribution is -2.04. The number of nitrogens with zero attached hydrogens (tertiary/aromatic N) is 2. The molecule has 6 nitrogen and oxygen atoms in total. The number of rotatable bonds is 3. The van der Waals surface area contributed by atoms with Gasteiger partial charge in [-0.2, -0.15) is 0 Å². The van der Waals surface area contributed by atoms with E-state index >= 15 is 0 Å². The average Bonchev–Trinajstić information content (AvgIpc) is 2.35. The SMILES string of the molecule is COc1cccc(Nc2ncnc(N)c2N)c1. The summed E-state index contributed by atoms with van der Waals surface area (Å²) < 4.78 is 5.12. The molecule has 17 heavy (non-hydrogen) atoms. The van der Waals surface area contributed by atoms with Gasteiger partial charge in [0, 0.05) is 11.8 Å². The zero-order chi connectivity index (χ0) is 12.3. The van der Waals surface area contributed by atoms with Crippen molar-refractivity contribution in [3.63, 3.8) is 0 Å². The minimum absolute atomic E-state index is 0.255. The number of hydrogen-bond donors (Lipinski definition) is 3. The number of nitrogens with one attached hydrogen (secondary N) is 1. The van der Waals surface area contributed by atoms with Crippen LogP contribution in [-0.4, -0.2) is 17.1 Å². The van der Waals surface area contributed by atoms with Gasteiger partial charge >= 0.3 is 0 Å². The fourth-order valence-electron chi connectivity index (χ4n) is 1.35. The van der Waals surface area contributed by atoms with Crippen LogP contribution in [0, 0.1) is 0 Å². The molecule has 0 unspecified atom stereocenters. The van der Waals surface area contributed by atoms with Gasteiger partial charge in [0.25, 0.3) is 0 Å². The Labute approximate surface area is 98.6 Å². The lowest BCUT2D eigenvalue weighted by molar-refractivity contribution is 0.415. The van der Waals surface area contributed by atoms with Gasteiger partial charge in [0.2, 0.25) is 0 Å². The maximum atomic E-state index is 5.76. The third kappa shape index (κ3) is 2.36. The van der Waals surface area contributed by atoms with Gasteiger partial charge in [-0.25, -0.2) is 9.97 Å². The Bertz CT molecular complexity index is 529. The third-order valence-corrected chi connectivity index (χ3v) is 2.25. The van der Waals surface area contributed by atoms with Gasteiger partial charge in [-0.3, -0.25) is 0 Å². The van der Waals surface area contributed by atoms with Crippen molar-refractivity contribution in [1.29, 1.82) is 0 Å².